The van der Waals surface area contributed by atoms with E-state index in [1.54, 1.807) is 12.1 Å². The molecule has 0 atom stereocenters. The van der Waals surface area contributed by atoms with Gasteiger partial charge in [-0.3, -0.25) is 0 Å². The maximum atomic E-state index is 9.47. The van der Waals surface area contributed by atoms with Crippen LogP contribution in [0.2, 0.25) is 0 Å². The van der Waals surface area contributed by atoms with E-state index < -0.39 is 0 Å². The summed E-state index contributed by atoms with van der Waals surface area (Å²) in [5.41, 5.74) is 1.40. The fourth-order valence-electron chi connectivity index (χ4n) is 1.83. The molecule has 0 unspecified atom stereocenters. The van der Waals surface area contributed by atoms with Gasteiger partial charge in [0.05, 0.1) is 0 Å². The summed E-state index contributed by atoms with van der Waals surface area (Å²) in [5, 5.41) is 18.9. The lowest BCUT2D eigenvalue weighted by molar-refractivity contribution is 0.270. The lowest BCUT2D eigenvalue weighted by Crippen LogP contribution is -1.97. The monoisotopic (exact) mass is 256 g/mol. The molecule has 1 heterocycles. The maximum Gasteiger partial charge on any atom is 0.145 e. The van der Waals surface area contributed by atoms with Gasteiger partial charge in [0.2, 0.25) is 0 Å². The molecule has 0 bridgehead atoms. The summed E-state index contributed by atoms with van der Waals surface area (Å²) in [6.07, 6.45) is 0. The van der Waals surface area contributed by atoms with Crippen molar-refractivity contribution in [3.63, 3.8) is 0 Å². The smallest absolute Gasteiger partial charge is 0.145 e. The second kappa shape index (κ2) is 4.61. The highest BCUT2D eigenvalue weighted by atomic mass is 16.6. The van der Waals surface area contributed by atoms with Crippen LogP contribution in [0.1, 0.15) is 11.4 Å². The first-order valence-electron chi connectivity index (χ1n) is 5.86. The summed E-state index contributed by atoms with van der Waals surface area (Å²) >= 11 is 0. The van der Waals surface area contributed by atoms with Gasteiger partial charge in [0.15, 0.2) is 0 Å². The molecule has 1 aromatic heterocycles. The average Bonchev–Trinajstić information content (AvgIpc) is 2.81. The fraction of sp³-hybridized carbons (Fsp3) is 0.143. The van der Waals surface area contributed by atoms with Gasteiger partial charge < -0.3 is 9.84 Å². The molecule has 0 aliphatic rings. The molecule has 0 saturated carbocycles. The second-order valence-electron chi connectivity index (χ2n) is 4.28. The zero-order valence-corrected chi connectivity index (χ0v) is 10.3. The SMILES string of the molecule is Cc1nonc1COc1ccc2ccc(O)cc2c1. The largest absolute Gasteiger partial charge is 0.508 e. The number of ether oxygens (including phenoxy) is 1. The van der Waals surface area contributed by atoms with Gasteiger partial charge in [0.25, 0.3) is 0 Å². The van der Waals surface area contributed by atoms with Crippen molar-refractivity contribution in [2.45, 2.75) is 13.5 Å². The van der Waals surface area contributed by atoms with E-state index in [0.717, 1.165) is 16.5 Å². The predicted octanol–water partition coefficient (Wildman–Crippen LogP) is 2.82. The van der Waals surface area contributed by atoms with Gasteiger partial charge in [-0.25, -0.2) is 4.63 Å². The van der Waals surface area contributed by atoms with Crippen molar-refractivity contribution >= 4 is 10.8 Å². The lowest BCUT2D eigenvalue weighted by atomic mass is 10.1. The fourth-order valence-corrected chi connectivity index (χ4v) is 1.83. The zero-order chi connectivity index (χ0) is 13.2. The highest BCUT2D eigenvalue weighted by Gasteiger charge is 2.06. The Morgan fingerprint density at radius 3 is 2.74 bits per heavy atom. The standard InChI is InChI=1S/C14H12N2O3/c1-9-14(16-19-15-9)8-18-13-5-3-10-2-4-12(17)6-11(10)7-13/h2-7,17H,8H2,1H3. The molecule has 3 rings (SSSR count). The Morgan fingerprint density at radius 2 is 1.95 bits per heavy atom. The second-order valence-corrected chi connectivity index (χ2v) is 4.28. The number of aromatic nitrogens is 2. The first-order valence-corrected chi connectivity index (χ1v) is 5.86. The molecule has 96 valence electrons. The van der Waals surface area contributed by atoms with Crippen LogP contribution in [-0.2, 0) is 6.61 Å². The number of aryl methyl sites for hydroxylation is 1. The minimum Gasteiger partial charge on any atom is -0.508 e. The molecule has 19 heavy (non-hydrogen) atoms. The third kappa shape index (κ3) is 2.35. The van der Waals surface area contributed by atoms with E-state index in [1.165, 1.54) is 0 Å². The molecular formula is C14H12N2O3. The van der Waals surface area contributed by atoms with Gasteiger partial charge in [0.1, 0.15) is 29.5 Å². The van der Waals surface area contributed by atoms with Gasteiger partial charge in [-0.1, -0.05) is 22.4 Å². The molecule has 0 saturated heterocycles. The molecule has 0 amide bonds. The van der Waals surface area contributed by atoms with Crippen LogP contribution in [0.5, 0.6) is 11.5 Å². The number of fused-ring (bicyclic) bond motifs is 1. The van der Waals surface area contributed by atoms with Gasteiger partial charge in [-0.15, -0.1) is 0 Å². The Hall–Kier alpha value is -2.56. The Labute approximate surface area is 109 Å². The zero-order valence-electron chi connectivity index (χ0n) is 10.3. The molecule has 2 aromatic carbocycles. The summed E-state index contributed by atoms with van der Waals surface area (Å²) in [6, 6.07) is 10.9. The molecule has 0 aliphatic heterocycles. The van der Waals surface area contributed by atoms with Crippen LogP contribution >= 0.6 is 0 Å². The number of phenols is 1. The number of hydrogen-bond acceptors (Lipinski definition) is 5. The highest BCUT2D eigenvalue weighted by Crippen LogP contribution is 2.24. The van der Waals surface area contributed by atoms with Crippen molar-refractivity contribution in [1.82, 2.24) is 10.3 Å². The van der Waals surface area contributed by atoms with Crippen LogP contribution in [0.25, 0.3) is 10.8 Å². The first-order chi connectivity index (χ1) is 9.22. The van der Waals surface area contributed by atoms with Crippen LogP contribution in [0.15, 0.2) is 41.0 Å². The normalized spacial score (nSPS) is 10.8. The maximum absolute atomic E-state index is 9.47. The molecule has 1 N–H and O–H groups in total. The number of hydrogen-bond donors (Lipinski definition) is 1. The topological polar surface area (TPSA) is 68.4 Å². The van der Waals surface area contributed by atoms with E-state index in [9.17, 15) is 5.11 Å². The molecule has 5 nitrogen and oxygen atoms in total. The third-order valence-corrected chi connectivity index (χ3v) is 2.92. The number of rotatable bonds is 3. The quantitative estimate of drug-likeness (QED) is 0.780. The van der Waals surface area contributed by atoms with Crippen molar-refractivity contribution in [3.8, 4) is 11.5 Å². The van der Waals surface area contributed by atoms with Crippen LogP contribution in [0.4, 0.5) is 0 Å². The number of benzene rings is 2. The number of phenolic OH excluding ortho intramolecular Hbond substituents is 1. The van der Waals surface area contributed by atoms with Crippen molar-refractivity contribution in [3.05, 3.63) is 47.8 Å². The average molecular weight is 256 g/mol. The van der Waals surface area contributed by atoms with Crippen molar-refractivity contribution < 1.29 is 14.5 Å². The molecule has 0 aliphatic carbocycles. The minimum absolute atomic E-state index is 0.237. The molecule has 0 fully saturated rings. The minimum atomic E-state index is 0.237. The highest BCUT2D eigenvalue weighted by molar-refractivity contribution is 5.85. The summed E-state index contributed by atoms with van der Waals surface area (Å²) in [4.78, 5) is 0. The van der Waals surface area contributed by atoms with E-state index in [2.05, 4.69) is 14.9 Å². The summed E-state index contributed by atoms with van der Waals surface area (Å²) < 4.78 is 10.2. The molecule has 5 heteroatoms. The van der Waals surface area contributed by atoms with Crippen LogP contribution in [0, 0.1) is 6.92 Å². The van der Waals surface area contributed by atoms with E-state index in [0.29, 0.717) is 18.1 Å². The van der Waals surface area contributed by atoms with E-state index in [4.69, 9.17) is 4.74 Å². The van der Waals surface area contributed by atoms with Crippen molar-refractivity contribution in [2.75, 3.05) is 0 Å². The van der Waals surface area contributed by atoms with Crippen LogP contribution < -0.4 is 4.74 Å². The van der Waals surface area contributed by atoms with Gasteiger partial charge in [-0.2, -0.15) is 0 Å². The first kappa shape index (κ1) is 11.5. The van der Waals surface area contributed by atoms with E-state index >= 15 is 0 Å². The number of aromatic hydroxyl groups is 1. The summed E-state index contributed by atoms with van der Waals surface area (Å²) in [7, 11) is 0. The molecular weight excluding hydrogens is 244 g/mol. The third-order valence-electron chi connectivity index (χ3n) is 2.92. The Morgan fingerprint density at radius 1 is 1.11 bits per heavy atom. The molecule has 0 radical (unpaired) electrons. The van der Waals surface area contributed by atoms with Gasteiger partial charge in [-0.05, 0) is 42.0 Å². The van der Waals surface area contributed by atoms with Crippen molar-refractivity contribution in [1.29, 1.82) is 0 Å². The summed E-state index contributed by atoms with van der Waals surface area (Å²) in [6.45, 7) is 2.12. The lowest BCUT2D eigenvalue weighted by Gasteiger charge is -2.06. The van der Waals surface area contributed by atoms with Crippen molar-refractivity contribution in [2.24, 2.45) is 0 Å². The van der Waals surface area contributed by atoms with Crippen LogP contribution in [-0.4, -0.2) is 15.4 Å². The van der Waals surface area contributed by atoms with Gasteiger partial charge in [0, 0.05) is 0 Å². The van der Waals surface area contributed by atoms with E-state index in [1.807, 2.05) is 31.2 Å². The van der Waals surface area contributed by atoms with Gasteiger partial charge >= 0.3 is 0 Å². The van der Waals surface area contributed by atoms with Crippen LogP contribution in [0.3, 0.4) is 0 Å². The Balaban J connectivity index is 1.83. The molecule has 3 aromatic rings. The number of nitrogens with zero attached hydrogens (tertiary/aromatic N) is 2. The Kier molecular flexibility index (Phi) is 2.79. The molecule has 0 spiro atoms. The van der Waals surface area contributed by atoms with E-state index in [-0.39, 0.29) is 5.75 Å². The Bertz CT molecular complexity index is 722. The predicted molar refractivity (Wildman–Crippen MR) is 69.0 cm³/mol. The summed E-state index contributed by atoms with van der Waals surface area (Å²) in [5.74, 6) is 0.946.